The van der Waals surface area contributed by atoms with Gasteiger partial charge in [-0.3, -0.25) is 4.98 Å². The van der Waals surface area contributed by atoms with Crippen LogP contribution < -0.4 is 5.46 Å². The van der Waals surface area contributed by atoms with Gasteiger partial charge in [-0.05, 0) is 50.5 Å². The molecule has 1 fully saturated rings. The lowest BCUT2D eigenvalue weighted by atomic mass is 9.78. The molecule has 1 aromatic carbocycles. The van der Waals surface area contributed by atoms with Crippen LogP contribution >= 0.6 is 0 Å². The molecule has 2 aromatic rings. The number of fused-ring (bicyclic) bond motifs is 1. The molecule has 3 rings (SSSR count). The summed E-state index contributed by atoms with van der Waals surface area (Å²) in [6.45, 7) is 10.5. The lowest BCUT2D eigenvalue weighted by Crippen LogP contribution is -2.41. The molecule has 0 bridgehead atoms. The Morgan fingerprint density at radius 2 is 1.71 bits per heavy atom. The maximum absolute atomic E-state index is 6.13. The van der Waals surface area contributed by atoms with Gasteiger partial charge >= 0.3 is 7.12 Å². The number of aromatic nitrogens is 1. The Morgan fingerprint density at radius 1 is 1.05 bits per heavy atom. The molecular weight excluding hydrogens is 261 g/mol. The van der Waals surface area contributed by atoms with Gasteiger partial charge in [-0.2, -0.15) is 0 Å². The summed E-state index contributed by atoms with van der Waals surface area (Å²) in [4.78, 5) is 4.29. The molecule has 0 saturated carbocycles. The molecule has 0 radical (unpaired) electrons. The van der Waals surface area contributed by atoms with Gasteiger partial charge in [-0.15, -0.1) is 0 Å². The normalized spacial score (nSPS) is 20.1. The van der Waals surface area contributed by atoms with Gasteiger partial charge in [-0.1, -0.05) is 25.1 Å². The quantitative estimate of drug-likeness (QED) is 0.794. The van der Waals surface area contributed by atoms with Gasteiger partial charge in [0.1, 0.15) is 0 Å². The Balaban J connectivity index is 2.03. The number of rotatable bonds is 2. The largest absolute Gasteiger partial charge is 0.494 e. The second-order valence-corrected chi connectivity index (χ2v) is 6.72. The Labute approximate surface area is 126 Å². The zero-order valence-corrected chi connectivity index (χ0v) is 13.4. The molecule has 0 unspecified atom stereocenters. The minimum absolute atomic E-state index is 0.307. The van der Waals surface area contributed by atoms with Crippen LogP contribution in [0.1, 0.15) is 40.2 Å². The first-order valence-electron chi connectivity index (χ1n) is 7.56. The van der Waals surface area contributed by atoms with Crippen LogP contribution in [-0.2, 0) is 15.7 Å². The van der Waals surface area contributed by atoms with E-state index in [0.29, 0.717) is 0 Å². The third kappa shape index (κ3) is 2.36. The van der Waals surface area contributed by atoms with E-state index in [1.165, 1.54) is 10.9 Å². The lowest BCUT2D eigenvalue weighted by molar-refractivity contribution is 0.00578. The van der Waals surface area contributed by atoms with Crippen LogP contribution in [0.25, 0.3) is 10.8 Å². The predicted molar refractivity (Wildman–Crippen MR) is 86.8 cm³/mol. The van der Waals surface area contributed by atoms with Crippen molar-refractivity contribution < 1.29 is 9.31 Å². The molecule has 0 atom stereocenters. The van der Waals surface area contributed by atoms with Gasteiger partial charge in [-0.25, -0.2) is 0 Å². The molecule has 0 N–H and O–H groups in total. The van der Waals surface area contributed by atoms with E-state index in [9.17, 15) is 0 Å². The van der Waals surface area contributed by atoms with E-state index in [-0.39, 0.29) is 18.3 Å². The van der Waals surface area contributed by atoms with Gasteiger partial charge in [0.05, 0.1) is 11.2 Å². The summed E-state index contributed by atoms with van der Waals surface area (Å²) in [7, 11) is -0.308. The highest BCUT2D eigenvalue weighted by atomic mass is 16.7. The third-order valence-corrected chi connectivity index (χ3v) is 4.77. The van der Waals surface area contributed by atoms with Crippen LogP contribution in [0.2, 0.25) is 0 Å². The molecule has 0 amide bonds. The monoisotopic (exact) mass is 283 g/mol. The zero-order chi connectivity index (χ0) is 15.3. The average Bonchev–Trinajstić information content (AvgIpc) is 2.66. The van der Waals surface area contributed by atoms with E-state index < -0.39 is 0 Å². The summed E-state index contributed by atoms with van der Waals surface area (Å²) >= 11 is 0. The van der Waals surface area contributed by atoms with Gasteiger partial charge in [0.2, 0.25) is 0 Å². The Hall–Kier alpha value is -1.39. The van der Waals surface area contributed by atoms with Gasteiger partial charge < -0.3 is 9.31 Å². The van der Waals surface area contributed by atoms with Crippen molar-refractivity contribution in [2.24, 2.45) is 0 Å². The summed E-state index contributed by atoms with van der Waals surface area (Å²) in [6, 6.07) is 6.35. The molecule has 1 aromatic heterocycles. The molecular formula is C17H22BNO2. The summed E-state index contributed by atoms with van der Waals surface area (Å²) < 4.78 is 12.3. The maximum Gasteiger partial charge on any atom is 0.494 e. The van der Waals surface area contributed by atoms with Gasteiger partial charge in [0.25, 0.3) is 0 Å². The van der Waals surface area contributed by atoms with Crippen LogP contribution in [-0.4, -0.2) is 23.3 Å². The fourth-order valence-corrected chi connectivity index (χ4v) is 2.65. The highest BCUT2D eigenvalue weighted by molar-refractivity contribution is 6.62. The summed E-state index contributed by atoms with van der Waals surface area (Å²) in [5.74, 6) is 0. The minimum atomic E-state index is -0.308. The van der Waals surface area contributed by atoms with Crippen molar-refractivity contribution in [1.82, 2.24) is 4.98 Å². The summed E-state index contributed by atoms with van der Waals surface area (Å²) in [6.07, 6.45) is 4.82. The molecule has 1 aliphatic rings. The zero-order valence-electron chi connectivity index (χ0n) is 13.4. The summed E-state index contributed by atoms with van der Waals surface area (Å²) in [5.41, 5.74) is 1.71. The molecule has 0 aliphatic carbocycles. The number of aryl methyl sites for hydroxylation is 1. The van der Waals surface area contributed by atoms with Gasteiger partial charge in [0.15, 0.2) is 0 Å². The van der Waals surface area contributed by atoms with Gasteiger partial charge in [0, 0.05) is 17.8 Å². The van der Waals surface area contributed by atoms with E-state index in [1.54, 1.807) is 0 Å². The van der Waals surface area contributed by atoms with E-state index in [1.807, 2.05) is 12.4 Å². The van der Waals surface area contributed by atoms with Crippen LogP contribution in [0.15, 0.2) is 30.6 Å². The van der Waals surface area contributed by atoms with Crippen molar-refractivity contribution in [3.8, 4) is 0 Å². The fraction of sp³-hybridized carbons (Fsp3) is 0.471. The third-order valence-electron chi connectivity index (χ3n) is 4.77. The number of hydrogen-bond donors (Lipinski definition) is 0. The van der Waals surface area contributed by atoms with E-state index in [4.69, 9.17) is 9.31 Å². The Bertz CT molecular complexity index is 666. The van der Waals surface area contributed by atoms with Crippen molar-refractivity contribution in [3.63, 3.8) is 0 Å². The SMILES string of the molecule is CCc1cncc2ccc(B3OC(C)(C)C(C)(C)O3)cc12. The Kier molecular flexibility index (Phi) is 3.34. The first-order chi connectivity index (χ1) is 9.84. The number of nitrogens with zero attached hydrogens (tertiary/aromatic N) is 1. The number of pyridine rings is 1. The maximum atomic E-state index is 6.13. The lowest BCUT2D eigenvalue weighted by Gasteiger charge is -2.32. The topological polar surface area (TPSA) is 31.4 Å². The average molecular weight is 283 g/mol. The van der Waals surface area contributed by atoms with Crippen molar-refractivity contribution in [3.05, 3.63) is 36.2 Å². The number of benzene rings is 1. The summed E-state index contributed by atoms with van der Waals surface area (Å²) in [5, 5.41) is 2.40. The second kappa shape index (κ2) is 4.82. The fourth-order valence-electron chi connectivity index (χ4n) is 2.65. The van der Waals surface area contributed by atoms with E-state index in [2.05, 4.69) is 57.8 Å². The van der Waals surface area contributed by atoms with Crippen molar-refractivity contribution in [2.75, 3.05) is 0 Å². The molecule has 0 spiro atoms. The van der Waals surface area contributed by atoms with Crippen molar-refractivity contribution >= 4 is 23.4 Å². The molecule has 110 valence electrons. The molecule has 2 heterocycles. The predicted octanol–water partition coefficient (Wildman–Crippen LogP) is 3.10. The first-order valence-corrected chi connectivity index (χ1v) is 7.56. The van der Waals surface area contributed by atoms with Crippen molar-refractivity contribution in [1.29, 1.82) is 0 Å². The van der Waals surface area contributed by atoms with Crippen molar-refractivity contribution in [2.45, 2.75) is 52.2 Å². The number of hydrogen-bond acceptors (Lipinski definition) is 3. The molecule has 1 saturated heterocycles. The second-order valence-electron chi connectivity index (χ2n) is 6.72. The van der Waals surface area contributed by atoms with E-state index >= 15 is 0 Å². The molecule has 3 nitrogen and oxygen atoms in total. The highest BCUT2D eigenvalue weighted by Crippen LogP contribution is 2.36. The van der Waals surface area contributed by atoms with Crippen LogP contribution in [0.4, 0.5) is 0 Å². The standard InChI is InChI=1S/C17H22BNO2/c1-6-12-10-19-11-13-7-8-14(9-15(12)13)18-20-16(2,3)17(4,5)21-18/h7-11H,6H2,1-5H3. The molecule has 4 heteroatoms. The highest BCUT2D eigenvalue weighted by Gasteiger charge is 2.51. The smallest absolute Gasteiger partial charge is 0.399 e. The first kappa shape index (κ1) is 14.5. The van der Waals surface area contributed by atoms with E-state index in [0.717, 1.165) is 17.3 Å². The van der Waals surface area contributed by atoms with Crippen LogP contribution in [0.5, 0.6) is 0 Å². The van der Waals surface area contributed by atoms with Crippen LogP contribution in [0.3, 0.4) is 0 Å². The van der Waals surface area contributed by atoms with Crippen LogP contribution in [0, 0.1) is 0 Å². The molecule has 1 aliphatic heterocycles. The molecule has 21 heavy (non-hydrogen) atoms. The Morgan fingerprint density at radius 3 is 2.33 bits per heavy atom. The minimum Gasteiger partial charge on any atom is -0.399 e.